The molecule has 0 bridgehead atoms. The number of benzene rings is 2. The molecule has 4 amide bonds. The number of hydrogen-bond acceptors (Lipinski definition) is 3. The predicted octanol–water partition coefficient (Wildman–Crippen LogP) is 3.51. The zero-order valence-corrected chi connectivity index (χ0v) is 16.1. The van der Waals surface area contributed by atoms with Gasteiger partial charge in [-0.3, -0.25) is 14.5 Å². The molecule has 1 fully saturated rings. The van der Waals surface area contributed by atoms with Crippen LogP contribution in [0.3, 0.4) is 0 Å². The van der Waals surface area contributed by atoms with Crippen molar-refractivity contribution in [2.75, 3.05) is 11.9 Å². The van der Waals surface area contributed by atoms with Gasteiger partial charge in [-0.05, 0) is 52.7 Å². The van der Waals surface area contributed by atoms with E-state index < -0.39 is 23.4 Å². The fraction of sp³-hybridized carbons (Fsp3) is 0.167. The fourth-order valence-electron chi connectivity index (χ4n) is 2.72. The minimum absolute atomic E-state index is 0.380. The van der Waals surface area contributed by atoms with Crippen molar-refractivity contribution < 1.29 is 14.4 Å². The van der Waals surface area contributed by atoms with Gasteiger partial charge in [0.15, 0.2) is 0 Å². The first-order valence-corrected chi connectivity index (χ1v) is 8.93. The number of para-hydroxylation sites is 1. The van der Waals surface area contributed by atoms with Gasteiger partial charge >= 0.3 is 6.03 Å². The van der Waals surface area contributed by atoms with E-state index in [9.17, 15) is 14.4 Å². The lowest BCUT2D eigenvalue weighted by Crippen LogP contribution is -2.42. The Morgan fingerprint density at radius 2 is 1.85 bits per heavy atom. The van der Waals surface area contributed by atoms with Crippen LogP contribution in [0.25, 0.3) is 0 Å². The number of amides is 4. The van der Waals surface area contributed by atoms with Crippen LogP contribution >= 0.6 is 27.5 Å². The SMILES string of the molecule is CC1(c2ccc(Cl)cc2)NC(=O)N(CC(=O)Nc2ccccc2Br)C1=O. The highest BCUT2D eigenvalue weighted by Gasteiger charge is 2.49. The molecule has 8 heteroatoms. The summed E-state index contributed by atoms with van der Waals surface area (Å²) in [5.74, 6) is -0.965. The third kappa shape index (κ3) is 3.45. The first-order chi connectivity index (χ1) is 12.3. The number of nitrogens with one attached hydrogen (secondary N) is 2. The maximum Gasteiger partial charge on any atom is 0.325 e. The molecule has 0 radical (unpaired) electrons. The van der Waals surface area contributed by atoms with E-state index in [1.165, 1.54) is 0 Å². The molecule has 2 N–H and O–H groups in total. The molecular formula is C18H15BrClN3O3. The first kappa shape index (κ1) is 18.4. The summed E-state index contributed by atoms with van der Waals surface area (Å²) in [5, 5.41) is 5.85. The van der Waals surface area contributed by atoms with Gasteiger partial charge in [-0.25, -0.2) is 4.79 Å². The molecule has 0 saturated carbocycles. The van der Waals surface area contributed by atoms with E-state index in [2.05, 4.69) is 26.6 Å². The minimum Gasteiger partial charge on any atom is -0.324 e. The van der Waals surface area contributed by atoms with E-state index >= 15 is 0 Å². The molecule has 134 valence electrons. The topological polar surface area (TPSA) is 78.5 Å². The molecule has 1 aliphatic heterocycles. The smallest absolute Gasteiger partial charge is 0.324 e. The van der Waals surface area contributed by atoms with Crippen LogP contribution in [0.1, 0.15) is 12.5 Å². The van der Waals surface area contributed by atoms with Crippen molar-refractivity contribution in [3.8, 4) is 0 Å². The van der Waals surface area contributed by atoms with Crippen LogP contribution < -0.4 is 10.6 Å². The maximum atomic E-state index is 12.8. The van der Waals surface area contributed by atoms with Crippen molar-refractivity contribution in [3.05, 3.63) is 63.6 Å². The molecule has 1 atom stereocenters. The second kappa shape index (κ2) is 7.09. The van der Waals surface area contributed by atoms with Crippen LogP contribution in [-0.2, 0) is 15.1 Å². The van der Waals surface area contributed by atoms with E-state index in [1.54, 1.807) is 49.4 Å². The third-order valence-electron chi connectivity index (χ3n) is 4.15. The summed E-state index contributed by atoms with van der Waals surface area (Å²) in [5.41, 5.74) is -0.0890. The summed E-state index contributed by atoms with van der Waals surface area (Å²) >= 11 is 9.21. The number of nitrogens with zero attached hydrogens (tertiary/aromatic N) is 1. The zero-order chi connectivity index (χ0) is 18.9. The molecule has 1 aliphatic rings. The fourth-order valence-corrected chi connectivity index (χ4v) is 3.23. The number of hydrogen-bond donors (Lipinski definition) is 2. The van der Waals surface area contributed by atoms with Gasteiger partial charge in [-0.2, -0.15) is 0 Å². The number of anilines is 1. The molecule has 0 spiro atoms. The number of rotatable bonds is 4. The highest BCUT2D eigenvalue weighted by Crippen LogP contribution is 2.29. The minimum atomic E-state index is -1.24. The van der Waals surface area contributed by atoms with Crippen LogP contribution in [-0.4, -0.2) is 29.3 Å². The van der Waals surface area contributed by atoms with Crippen LogP contribution in [0, 0.1) is 0 Å². The van der Waals surface area contributed by atoms with Gasteiger partial charge in [0.25, 0.3) is 5.91 Å². The van der Waals surface area contributed by atoms with Gasteiger partial charge < -0.3 is 10.6 Å². The Morgan fingerprint density at radius 3 is 2.50 bits per heavy atom. The molecule has 2 aromatic rings. The van der Waals surface area contributed by atoms with E-state index in [4.69, 9.17) is 11.6 Å². The van der Waals surface area contributed by atoms with Crippen LogP contribution in [0.4, 0.5) is 10.5 Å². The predicted molar refractivity (Wildman–Crippen MR) is 102 cm³/mol. The van der Waals surface area contributed by atoms with Gasteiger partial charge in [-0.1, -0.05) is 35.9 Å². The van der Waals surface area contributed by atoms with Crippen molar-refractivity contribution in [2.45, 2.75) is 12.5 Å². The Bertz CT molecular complexity index is 888. The number of carbonyl (C=O) groups excluding carboxylic acids is 3. The van der Waals surface area contributed by atoms with Crippen molar-refractivity contribution >= 4 is 51.1 Å². The van der Waals surface area contributed by atoms with Gasteiger partial charge in [-0.15, -0.1) is 0 Å². The largest absolute Gasteiger partial charge is 0.325 e. The quantitative estimate of drug-likeness (QED) is 0.720. The van der Waals surface area contributed by atoms with Crippen molar-refractivity contribution in [2.24, 2.45) is 0 Å². The summed E-state index contributed by atoms with van der Waals surface area (Å²) in [6.07, 6.45) is 0. The van der Waals surface area contributed by atoms with Crippen LogP contribution in [0.15, 0.2) is 53.0 Å². The maximum absolute atomic E-state index is 12.8. The first-order valence-electron chi connectivity index (χ1n) is 7.76. The normalized spacial score (nSPS) is 19.4. The zero-order valence-electron chi connectivity index (χ0n) is 13.8. The van der Waals surface area contributed by atoms with Gasteiger partial charge in [0.05, 0.1) is 5.69 Å². The van der Waals surface area contributed by atoms with Gasteiger partial charge in [0, 0.05) is 9.50 Å². The summed E-state index contributed by atoms with van der Waals surface area (Å²) < 4.78 is 0.705. The highest BCUT2D eigenvalue weighted by molar-refractivity contribution is 9.10. The van der Waals surface area contributed by atoms with E-state index in [0.717, 1.165) is 4.90 Å². The summed E-state index contributed by atoms with van der Waals surface area (Å²) in [7, 11) is 0. The third-order valence-corrected chi connectivity index (χ3v) is 5.09. The Balaban J connectivity index is 1.76. The van der Waals surface area contributed by atoms with Crippen molar-refractivity contribution in [1.29, 1.82) is 0 Å². The Kier molecular flexibility index (Phi) is 5.02. The van der Waals surface area contributed by atoms with Crippen molar-refractivity contribution in [1.82, 2.24) is 10.2 Å². The number of imide groups is 1. The molecule has 1 saturated heterocycles. The molecule has 2 aromatic carbocycles. The number of urea groups is 1. The number of carbonyl (C=O) groups is 3. The van der Waals surface area contributed by atoms with E-state index in [-0.39, 0.29) is 6.54 Å². The highest BCUT2D eigenvalue weighted by atomic mass is 79.9. The van der Waals surface area contributed by atoms with Crippen LogP contribution in [0.2, 0.25) is 5.02 Å². The average molecular weight is 437 g/mol. The average Bonchev–Trinajstić information content (AvgIpc) is 2.82. The number of halogens is 2. The summed E-state index contributed by atoms with van der Waals surface area (Å²) in [4.78, 5) is 38.3. The second-order valence-electron chi connectivity index (χ2n) is 5.98. The molecule has 1 heterocycles. The lowest BCUT2D eigenvalue weighted by atomic mass is 9.92. The molecule has 0 aliphatic carbocycles. The Hall–Kier alpha value is -2.38. The Labute approximate surface area is 163 Å². The standard InChI is InChI=1S/C18H15BrClN3O3/c1-18(11-6-8-12(20)9-7-11)16(25)23(17(26)22-18)10-15(24)21-14-5-3-2-4-13(14)19/h2-9H,10H2,1H3,(H,21,24)(H,22,26). The van der Waals surface area contributed by atoms with Crippen molar-refractivity contribution in [3.63, 3.8) is 0 Å². The summed E-state index contributed by atoms with van der Waals surface area (Å²) in [6.45, 7) is 1.22. The lowest BCUT2D eigenvalue weighted by molar-refractivity contribution is -0.133. The van der Waals surface area contributed by atoms with Crippen LogP contribution in [0.5, 0.6) is 0 Å². The lowest BCUT2D eigenvalue weighted by Gasteiger charge is -2.22. The molecule has 0 aromatic heterocycles. The molecule has 1 unspecified atom stereocenters. The van der Waals surface area contributed by atoms with E-state index in [1.807, 2.05) is 6.07 Å². The summed E-state index contributed by atoms with van der Waals surface area (Å²) in [6, 6.07) is 13.1. The molecular weight excluding hydrogens is 422 g/mol. The van der Waals surface area contributed by atoms with Gasteiger partial charge in [0.1, 0.15) is 12.1 Å². The molecule has 26 heavy (non-hydrogen) atoms. The molecule has 6 nitrogen and oxygen atoms in total. The van der Waals surface area contributed by atoms with E-state index in [0.29, 0.717) is 20.7 Å². The second-order valence-corrected chi connectivity index (χ2v) is 7.27. The monoisotopic (exact) mass is 435 g/mol. The van der Waals surface area contributed by atoms with Gasteiger partial charge in [0.2, 0.25) is 5.91 Å². The molecule has 3 rings (SSSR count). The Morgan fingerprint density at radius 1 is 1.19 bits per heavy atom.